The van der Waals surface area contributed by atoms with E-state index in [-0.39, 0.29) is 11.7 Å². The lowest BCUT2D eigenvalue weighted by atomic mass is 10.1. The monoisotopic (exact) mass is 294 g/mol. The molecule has 4 heteroatoms. The van der Waals surface area contributed by atoms with E-state index in [1.54, 1.807) is 24.3 Å². The van der Waals surface area contributed by atoms with Crippen LogP contribution in [0.5, 0.6) is 5.75 Å². The summed E-state index contributed by atoms with van der Waals surface area (Å²) in [6, 6.07) is 14.9. The number of aromatic nitrogens is 1. The van der Waals surface area contributed by atoms with Crippen LogP contribution in [-0.2, 0) is 11.2 Å². The summed E-state index contributed by atoms with van der Waals surface area (Å²) in [5, 5.41) is 13.2. The van der Waals surface area contributed by atoms with Crippen LogP contribution < -0.4 is 5.32 Å². The van der Waals surface area contributed by atoms with Gasteiger partial charge in [-0.1, -0.05) is 12.1 Å². The molecule has 1 heterocycles. The Morgan fingerprint density at radius 1 is 1.09 bits per heavy atom. The van der Waals surface area contributed by atoms with Crippen LogP contribution in [0.25, 0.3) is 10.9 Å². The van der Waals surface area contributed by atoms with Crippen molar-refractivity contribution in [3.63, 3.8) is 0 Å². The van der Waals surface area contributed by atoms with E-state index in [9.17, 15) is 9.90 Å². The second-order valence-electron chi connectivity index (χ2n) is 5.35. The zero-order chi connectivity index (χ0) is 15.4. The fourth-order valence-corrected chi connectivity index (χ4v) is 2.47. The number of carbonyl (C=O) groups excluding carboxylic acids is 1. The summed E-state index contributed by atoms with van der Waals surface area (Å²) >= 11 is 0. The molecule has 0 saturated heterocycles. The van der Waals surface area contributed by atoms with E-state index in [2.05, 4.69) is 28.5 Å². The molecule has 1 amide bonds. The number of fused-ring (bicyclic) bond motifs is 1. The molecular formula is C18H18N2O2. The molecule has 0 unspecified atom stereocenters. The number of carbonyl (C=O) groups is 1. The van der Waals surface area contributed by atoms with Gasteiger partial charge in [0.2, 0.25) is 5.91 Å². The number of hydrogen-bond donors (Lipinski definition) is 3. The zero-order valence-electron chi connectivity index (χ0n) is 12.2. The van der Waals surface area contributed by atoms with Crippen molar-refractivity contribution in [2.45, 2.75) is 19.3 Å². The van der Waals surface area contributed by atoms with Gasteiger partial charge in [-0.2, -0.15) is 0 Å². The lowest BCUT2D eigenvalue weighted by Gasteiger charge is -2.05. The molecule has 1 aromatic heterocycles. The van der Waals surface area contributed by atoms with Gasteiger partial charge in [0.25, 0.3) is 0 Å². The maximum Gasteiger partial charge on any atom is 0.224 e. The smallest absolute Gasteiger partial charge is 0.224 e. The quantitative estimate of drug-likeness (QED) is 0.626. The molecular weight excluding hydrogens is 276 g/mol. The van der Waals surface area contributed by atoms with Crippen molar-refractivity contribution in [3.05, 3.63) is 60.3 Å². The van der Waals surface area contributed by atoms with Gasteiger partial charge in [0, 0.05) is 23.8 Å². The molecule has 4 nitrogen and oxygen atoms in total. The Balaban J connectivity index is 1.49. The molecule has 0 spiro atoms. The molecule has 2 aromatic carbocycles. The number of H-pyrrole nitrogens is 1. The number of amides is 1. The molecule has 0 aliphatic rings. The third-order valence-corrected chi connectivity index (χ3v) is 3.64. The highest BCUT2D eigenvalue weighted by Crippen LogP contribution is 2.17. The summed E-state index contributed by atoms with van der Waals surface area (Å²) in [5.74, 6) is 0.185. The average Bonchev–Trinajstić information content (AvgIpc) is 2.97. The lowest BCUT2D eigenvalue weighted by Crippen LogP contribution is -2.11. The number of aryl methyl sites for hydroxylation is 1. The highest BCUT2D eigenvalue weighted by Gasteiger charge is 2.04. The number of anilines is 1. The van der Waals surface area contributed by atoms with Crippen molar-refractivity contribution < 1.29 is 9.90 Å². The fraction of sp³-hybridized carbons (Fsp3) is 0.167. The number of rotatable bonds is 5. The predicted molar refractivity (Wildman–Crippen MR) is 88.0 cm³/mol. The van der Waals surface area contributed by atoms with E-state index in [1.807, 2.05) is 12.3 Å². The summed E-state index contributed by atoms with van der Waals surface area (Å²) in [4.78, 5) is 15.1. The molecule has 0 fully saturated rings. The van der Waals surface area contributed by atoms with E-state index in [4.69, 9.17) is 0 Å². The van der Waals surface area contributed by atoms with Crippen LogP contribution in [0.3, 0.4) is 0 Å². The maximum absolute atomic E-state index is 11.9. The highest BCUT2D eigenvalue weighted by molar-refractivity contribution is 5.90. The van der Waals surface area contributed by atoms with Crippen LogP contribution in [0, 0.1) is 0 Å². The van der Waals surface area contributed by atoms with Gasteiger partial charge in [0.1, 0.15) is 5.75 Å². The van der Waals surface area contributed by atoms with E-state index >= 15 is 0 Å². The first-order valence-corrected chi connectivity index (χ1v) is 7.35. The Hall–Kier alpha value is -2.75. The second kappa shape index (κ2) is 6.35. The molecule has 0 aliphatic carbocycles. The van der Waals surface area contributed by atoms with Crippen molar-refractivity contribution in [1.82, 2.24) is 4.98 Å². The van der Waals surface area contributed by atoms with Gasteiger partial charge < -0.3 is 15.4 Å². The Bertz CT molecular complexity index is 775. The topological polar surface area (TPSA) is 65.1 Å². The summed E-state index contributed by atoms with van der Waals surface area (Å²) in [5.41, 5.74) is 3.06. The Labute approximate surface area is 128 Å². The summed E-state index contributed by atoms with van der Waals surface area (Å²) in [6.07, 6.45) is 4.08. The first kappa shape index (κ1) is 14.2. The number of aromatic hydroxyl groups is 1. The van der Waals surface area contributed by atoms with E-state index in [0.29, 0.717) is 12.1 Å². The Morgan fingerprint density at radius 3 is 2.73 bits per heavy atom. The van der Waals surface area contributed by atoms with Gasteiger partial charge in [0.15, 0.2) is 0 Å². The molecule has 0 bridgehead atoms. The Kier molecular flexibility index (Phi) is 4.10. The molecule has 3 rings (SSSR count). The minimum atomic E-state index is -0.00774. The van der Waals surface area contributed by atoms with Gasteiger partial charge in [-0.25, -0.2) is 0 Å². The number of benzene rings is 2. The largest absolute Gasteiger partial charge is 0.508 e. The number of phenols is 1. The first-order valence-electron chi connectivity index (χ1n) is 7.35. The molecule has 0 atom stereocenters. The van der Waals surface area contributed by atoms with Gasteiger partial charge in [-0.05, 0) is 60.2 Å². The standard InChI is InChI=1S/C18H18N2O2/c21-16-8-6-15(7-9-16)20-18(22)3-1-2-13-4-5-14-10-11-19-17(14)12-13/h4-12,19,21H,1-3H2,(H,20,22). The van der Waals surface area contributed by atoms with Gasteiger partial charge in [-0.15, -0.1) is 0 Å². The number of nitrogens with one attached hydrogen (secondary N) is 2. The molecule has 112 valence electrons. The van der Waals surface area contributed by atoms with Crippen LogP contribution >= 0.6 is 0 Å². The first-order chi connectivity index (χ1) is 10.7. The van der Waals surface area contributed by atoms with Gasteiger partial charge in [0.05, 0.1) is 0 Å². The van der Waals surface area contributed by atoms with Crippen LogP contribution in [0.2, 0.25) is 0 Å². The normalized spacial score (nSPS) is 10.7. The minimum absolute atomic E-state index is 0.00774. The van der Waals surface area contributed by atoms with Gasteiger partial charge >= 0.3 is 0 Å². The van der Waals surface area contributed by atoms with Crippen LogP contribution in [0.1, 0.15) is 18.4 Å². The lowest BCUT2D eigenvalue weighted by molar-refractivity contribution is -0.116. The number of phenolic OH excluding ortho intramolecular Hbond substituents is 1. The van der Waals surface area contributed by atoms with Crippen molar-refractivity contribution in [2.75, 3.05) is 5.32 Å². The maximum atomic E-state index is 11.9. The van der Waals surface area contributed by atoms with E-state index in [1.165, 1.54) is 10.9 Å². The summed E-state index contributed by atoms with van der Waals surface area (Å²) < 4.78 is 0. The van der Waals surface area contributed by atoms with Crippen LogP contribution in [0.15, 0.2) is 54.7 Å². The van der Waals surface area contributed by atoms with Crippen molar-refractivity contribution >= 4 is 22.5 Å². The third kappa shape index (κ3) is 3.47. The van der Waals surface area contributed by atoms with Crippen molar-refractivity contribution in [2.24, 2.45) is 0 Å². The molecule has 0 saturated carbocycles. The zero-order valence-corrected chi connectivity index (χ0v) is 12.2. The van der Waals surface area contributed by atoms with E-state index in [0.717, 1.165) is 18.4 Å². The molecule has 3 aromatic rings. The molecule has 0 aliphatic heterocycles. The van der Waals surface area contributed by atoms with E-state index < -0.39 is 0 Å². The van der Waals surface area contributed by atoms with Crippen molar-refractivity contribution in [3.8, 4) is 5.75 Å². The fourth-order valence-electron chi connectivity index (χ4n) is 2.47. The summed E-state index contributed by atoms with van der Waals surface area (Å²) in [7, 11) is 0. The van der Waals surface area contributed by atoms with Gasteiger partial charge in [-0.3, -0.25) is 4.79 Å². The predicted octanol–water partition coefficient (Wildman–Crippen LogP) is 3.83. The molecule has 22 heavy (non-hydrogen) atoms. The van der Waals surface area contributed by atoms with Crippen LogP contribution in [0.4, 0.5) is 5.69 Å². The summed E-state index contributed by atoms with van der Waals surface area (Å²) in [6.45, 7) is 0. The highest BCUT2D eigenvalue weighted by atomic mass is 16.3. The molecule has 3 N–H and O–H groups in total. The SMILES string of the molecule is O=C(CCCc1ccc2cc[nH]c2c1)Nc1ccc(O)cc1. The van der Waals surface area contributed by atoms with Crippen molar-refractivity contribution in [1.29, 1.82) is 0 Å². The number of aromatic amines is 1. The Morgan fingerprint density at radius 2 is 1.91 bits per heavy atom. The van der Waals surface area contributed by atoms with Crippen LogP contribution in [-0.4, -0.2) is 16.0 Å². The molecule has 0 radical (unpaired) electrons. The average molecular weight is 294 g/mol. The third-order valence-electron chi connectivity index (χ3n) is 3.64. The second-order valence-corrected chi connectivity index (χ2v) is 5.35. The minimum Gasteiger partial charge on any atom is -0.508 e. The number of hydrogen-bond acceptors (Lipinski definition) is 2.